The van der Waals surface area contributed by atoms with Crippen molar-refractivity contribution in [3.63, 3.8) is 0 Å². The molecule has 0 fully saturated rings. The number of allylic oxidation sites excluding steroid dienone is 2. The Kier molecular flexibility index (Phi) is 10.0. The van der Waals surface area contributed by atoms with Gasteiger partial charge in [-0.2, -0.15) is 0 Å². The molecule has 1 N–H and O–H groups in total. The minimum atomic E-state index is -0.377. The average molecular weight is 237 g/mol. The van der Waals surface area contributed by atoms with Crippen LogP contribution in [0.5, 0.6) is 0 Å². The molecule has 0 aromatic carbocycles. The Hall–Kier alpha value is -1.51. The lowest BCUT2D eigenvalue weighted by Gasteiger charge is -2.07. The molecule has 0 heterocycles. The molecule has 0 unspecified atom stereocenters. The normalized spacial score (nSPS) is 10.8. The number of amides is 1. The van der Waals surface area contributed by atoms with Crippen LogP contribution in [-0.2, 0) is 4.74 Å². The molecule has 0 aliphatic heterocycles. The van der Waals surface area contributed by atoms with E-state index >= 15 is 0 Å². The standard InChI is InChI=1S/C14H23NO2/c1-4-7-8-9-11-15-14(16)17-12-13(6-3)10-5-2/h5-6,10H,2-4,7-9,11-12H2,1H3,(H,15,16)/b13-10+. The molecule has 0 spiro atoms. The first kappa shape index (κ1) is 15.5. The highest BCUT2D eigenvalue weighted by atomic mass is 16.5. The zero-order chi connectivity index (χ0) is 12.9. The maximum absolute atomic E-state index is 11.3. The molecule has 0 saturated heterocycles. The predicted molar refractivity (Wildman–Crippen MR) is 72.0 cm³/mol. The monoisotopic (exact) mass is 237 g/mol. The van der Waals surface area contributed by atoms with Gasteiger partial charge in [0.1, 0.15) is 6.61 Å². The highest BCUT2D eigenvalue weighted by Crippen LogP contribution is 1.99. The van der Waals surface area contributed by atoms with Gasteiger partial charge in [0.2, 0.25) is 0 Å². The molecule has 0 aliphatic carbocycles. The molecule has 0 bridgehead atoms. The summed E-state index contributed by atoms with van der Waals surface area (Å²) in [5.41, 5.74) is 0.834. The molecule has 0 atom stereocenters. The van der Waals surface area contributed by atoms with Crippen LogP contribution in [0.3, 0.4) is 0 Å². The van der Waals surface area contributed by atoms with E-state index in [1.54, 1.807) is 18.2 Å². The first-order valence-electron chi connectivity index (χ1n) is 6.09. The Balaban J connectivity index is 3.61. The second-order valence-corrected chi connectivity index (χ2v) is 3.74. The van der Waals surface area contributed by atoms with E-state index in [-0.39, 0.29) is 12.7 Å². The number of unbranched alkanes of at least 4 members (excludes halogenated alkanes) is 3. The number of carbonyl (C=O) groups excluding carboxylic acids is 1. The summed E-state index contributed by atoms with van der Waals surface area (Å²) in [5, 5.41) is 2.71. The highest BCUT2D eigenvalue weighted by Gasteiger charge is 2.01. The van der Waals surface area contributed by atoms with Crippen LogP contribution in [-0.4, -0.2) is 19.2 Å². The van der Waals surface area contributed by atoms with Gasteiger partial charge in [-0.05, 0) is 12.0 Å². The van der Waals surface area contributed by atoms with E-state index in [0.29, 0.717) is 6.54 Å². The van der Waals surface area contributed by atoms with Crippen LogP contribution >= 0.6 is 0 Å². The van der Waals surface area contributed by atoms with Crippen LogP contribution in [0.15, 0.2) is 37.0 Å². The third-order valence-corrected chi connectivity index (χ3v) is 2.26. The lowest BCUT2D eigenvalue weighted by Crippen LogP contribution is -2.25. The van der Waals surface area contributed by atoms with E-state index in [1.807, 2.05) is 0 Å². The molecule has 0 aromatic rings. The van der Waals surface area contributed by atoms with Crippen molar-refractivity contribution in [2.75, 3.05) is 13.2 Å². The van der Waals surface area contributed by atoms with Gasteiger partial charge in [-0.1, -0.05) is 57.6 Å². The van der Waals surface area contributed by atoms with E-state index in [0.717, 1.165) is 18.4 Å². The number of nitrogens with one attached hydrogen (secondary N) is 1. The second-order valence-electron chi connectivity index (χ2n) is 3.74. The largest absolute Gasteiger partial charge is 0.445 e. The predicted octanol–water partition coefficient (Wildman–Crippen LogP) is 3.59. The second kappa shape index (κ2) is 11.0. The summed E-state index contributed by atoms with van der Waals surface area (Å²) in [6.07, 6.45) is 9.23. The SMILES string of the molecule is C=C/C=C(\C=C)COC(=O)NCCCCCC. The van der Waals surface area contributed by atoms with Crippen molar-refractivity contribution in [3.8, 4) is 0 Å². The van der Waals surface area contributed by atoms with Crippen molar-refractivity contribution in [2.24, 2.45) is 0 Å². The molecule has 3 heteroatoms. The van der Waals surface area contributed by atoms with E-state index in [9.17, 15) is 4.79 Å². The van der Waals surface area contributed by atoms with Gasteiger partial charge >= 0.3 is 6.09 Å². The summed E-state index contributed by atoms with van der Waals surface area (Å²) >= 11 is 0. The van der Waals surface area contributed by atoms with Gasteiger partial charge < -0.3 is 10.1 Å². The third-order valence-electron chi connectivity index (χ3n) is 2.26. The van der Waals surface area contributed by atoms with Crippen molar-refractivity contribution in [3.05, 3.63) is 37.0 Å². The Morgan fingerprint density at radius 2 is 2.06 bits per heavy atom. The summed E-state index contributed by atoms with van der Waals surface area (Å²) in [5.74, 6) is 0. The van der Waals surface area contributed by atoms with Gasteiger partial charge in [-0.25, -0.2) is 4.79 Å². The van der Waals surface area contributed by atoms with Crippen LogP contribution < -0.4 is 5.32 Å². The molecular weight excluding hydrogens is 214 g/mol. The van der Waals surface area contributed by atoms with E-state index in [4.69, 9.17) is 4.74 Å². The zero-order valence-corrected chi connectivity index (χ0v) is 10.7. The molecule has 0 aliphatic rings. The van der Waals surface area contributed by atoms with Gasteiger partial charge in [0, 0.05) is 6.54 Å². The summed E-state index contributed by atoms with van der Waals surface area (Å²) in [6, 6.07) is 0. The summed E-state index contributed by atoms with van der Waals surface area (Å²) in [4.78, 5) is 11.3. The molecule has 0 saturated carbocycles. The lowest BCUT2D eigenvalue weighted by atomic mass is 10.2. The van der Waals surface area contributed by atoms with Gasteiger partial charge in [-0.15, -0.1) is 0 Å². The van der Waals surface area contributed by atoms with Crippen molar-refractivity contribution >= 4 is 6.09 Å². The highest BCUT2D eigenvalue weighted by molar-refractivity contribution is 5.67. The molecule has 96 valence electrons. The lowest BCUT2D eigenvalue weighted by molar-refractivity contribution is 0.156. The minimum absolute atomic E-state index is 0.232. The van der Waals surface area contributed by atoms with Crippen LogP contribution in [0.4, 0.5) is 4.79 Å². The molecule has 17 heavy (non-hydrogen) atoms. The van der Waals surface area contributed by atoms with E-state index in [2.05, 4.69) is 25.4 Å². The maximum atomic E-state index is 11.3. The first-order valence-corrected chi connectivity index (χ1v) is 6.09. The Morgan fingerprint density at radius 3 is 2.65 bits per heavy atom. The summed E-state index contributed by atoms with van der Waals surface area (Å²) < 4.78 is 5.02. The molecular formula is C14H23NO2. The molecule has 0 aromatic heterocycles. The third kappa shape index (κ3) is 9.42. The zero-order valence-electron chi connectivity index (χ0n) is 10.7. The van der Waals surface area contributed by atoms with Crippen molar-refractivity contribution in [1.29, 1.82) is 0 Å². The van der Waals surface area contributed by atoms with Gasteiger partial charge in [-0.3, -0.25) is 0 Å². The number of rotatable bonds is 9. The fourth-order valence-electron chi connectivity index (χ4n) is 1.27. The quantitative estimate of drug-likeness (QED) is 0.491. The van der Waals surface area contributed by atoms with Crippen LogP contribution in [0.2, 0.25) is 0 Å². The van der Waals surface area contributed by atoms with Gasteiger partial charge in [0.15, 0.2) is 0 Å². The Morgan fingerprint density at radius 1 is 1.29 bits per heavy atom. The fourth-order valence-corrected chi connectivity index (χ4v) is 1.27. The molecule has 3 nitrogen and oxygen atoms in total. The first-order chi connectivity index (χ1) is 8.24. The van der Waals surface area contributed by atoms with Crippen molar-refractivity contribution < 1.29 is 9.53 Å². The Bertz CT molecular complexity index is 269. The fraction of sp³-hybridized carbons (Fsp3) is 0.500. The number of carbonyl (C=O) groups is 1. The van der Waals surface area contributed by atoms with Crippen LogP contribution in [0, 0.1) is 0 Å². The number of alkyl carbamates (subject to hydrolysis) is 1. The van der Waals surface area contributed by atoms with Gasteiger partial charge in [0.25, 0.3) is 0 Å². The molecule has 0 radical (unpaired) electrons. The average Bonchev–Trinajstić information content (AvgIpc) is 2.34. The molecule has 0 rings (SSSR count). The van der Waals surface area contributed by atoms with E-state index in [1.165, 1.54) is 12.8 Å². The summed E-state index contributed by atoms with van der Waals surface area (Å²) in [6.45, 7) is 10.3. The minimum Gasteiger partial charge on any atom is -0.445 e. The number of ether oxygens (including phenoxy) is 1. The maximum Gasteiger partial charge on any atom is 0.407 e. The number of hydrogen-bond acceptors (Lipinski definition) is 2. The van der Waals surface area contributed by atoms with Crippen molar-refractivity contribution in [1.82, 2.24) is 5.32 Å². The Labute approximate surface area is 104 Å². The van der Waals surface area contributed by atoms with Crippen LogP contribution in [0.1, 0.15) is 32.6 Å². The van der Waals surface area contributed by atoms with E-state index < -0.39 is 0 Å². The van der Waals surface area contributed by atoms with Gasteiger partial charge in [0.05, 0.1) is 0 Å². The summed E-state index contributed by atoms with van der Waals surface area (Å²) in [7, 11) is 0. The smallest absolute Gasteiger partial charge is 0.407 e. The van der Waals surface area contributed by atoms with Crippen molar-refractivity contribution in [2.45, 2.75) is 32.6 Å². The number of hydrogen-bond donors (Lipinski definition) is 1. The topological polar surface area (TPSA) is 38.3 Å². The molecule has 1 amide bonds. The van der Waals surface area contributed by atoms with Crippen LogP contribution in [0.25, 0.3) is 0 Å².